The number of aromatic nitrogens is 1. The Morgan fingerprint density at radius 2 is 2.44 bits per heavy atom. The first-order valence-electron chi connectivity index (χ1n) is 6.32. The lowest BCUT2D eigenvalue weighted by Gasteiger charge is -2.32. The van der Waals surface area contributed by atoms with Crippen LogP contribution in [0.5, 0.6) is 0 Å². The number of likely N-dealkylation sites (tertiary alicyclic amines) is 1. The van der Waals surface area contributed by atoms with Crippen molar-refractivity contribution < 1.29 is 5.11 Å². The number of amidine groups is 1. The average molecular weight is 248 g/mol. The standard InChI is InChI=1S/C13H20N4O/c14-13(15)12-11(4-1-5-16-12)8-17-6-2-3-10(7-17)9-18/h1,4-5,10,18H,2-3,6-9H2,(H3,14,15). The lowest BCUT2D eigenvalue weighted by atomic mass is 9.98. The van der Waals surface area contributed by atoms with E-state index in [1.54, 1.807) is 6.20 Å². The molecule has 0 aromatic carbocycles. The Hall–Kier alpha value is -1.46. The van der Waals surface area contributed by atoms with Crippen LogP contribution in [0.2, 0.25) is 0 Å². The van der Waals surface area contributed by atoms with Gasteiger partial charge in [-0.25, -0.2) is 0 Å². The Balaban J connectivity index is 2.07. The van der Waals surface area contributed by atoms with Crippen molar-refractivity contribution in [2.45, 2.75) is 19.4 Å². The van der Waals surface area contributed by atoms with Gasteiger partial charge in [0, 0.05) is 25.9 Å². The van der Waals surface area contributed by atoms with Gasteiger partial charge in [-0.1, -0.05) is 6.07 Å². The highest BCUT2D eigenvalue weighted by Gasteiger charge is 2.20. The van der Waals surface area contributed by atoms with Gasteiger partial charge in [0.1, 0.15) is 11.5 Å². The summed E-state index contributed by atoms with van der Waals surface area (Å²) in [7, 11) is 0. The number of rotatable bonds is 4. The molecule has 1 fully saturated rings. The van der Waals surface area contributed by atoms with Gasteiger partial charge in [-0.05, 0) is 36.9 Å². The fourth-order valence-electron chi connectivity index (χ4n) is 2.49. The normalized spacial score (nSPS) is 20.8. The lowest BCUT2D eigenvalue weighted by Crippen LogP contribution is -2.36. The molecule has 1 aromatic heterocycles. The number of nitrogen functional groups attached to an aromatic ring is 1. The Morgan fingerprint density at radius 1 is 1.61 bits per heavy atom. The summed E-state index contributed by atoms with van der Waals surface area (Å²) in [6.07, 6.45) is 3.87. The summed E-state index contributed by atoms with van der Waals surface area (Å²) in [5.41, 5.74) is 7.10. The number of hydrogen-bond acceptors (Lipinski definition) is 4. The quantitative estimate of drug-likeness (QED) is 0.537. The summed E-state index contributed by atoms with van der Waals surface area (Å²) in [6.45, 7) is 2.94. The van der Waals surface area contributed by atoms with E-state index in [9.17, 15) is 5.11 Å². The second-order valence-corrected chi connectivity index (χ2v) is 4.85. The Morgan fingerprint density at radius 3 is 3.17 bits per heavy atom. The van der Waals surface area contributed by atoms with E-state index in [2.05, 4.69) is 9.88 Å². The number of aliphatic hydroxyl groups excluding tert-OH is 1. The predicted octanol–water partition coefficient (Wildman–Crippen LogP) is 0.570. The topological polar surface area (TPSA) is 86.2 Å². The molecule has 2 rings (SSSR count). The number of piperidine rings is 1. The second kappa shape index (κ2) is 5.93. The van der Waals surface area contributed by atoms with Gasteiger partial charge in [-0.2, -0.15) is 0 Å². The van der Waals surface area contributed by atoms with E-state index in [0.717, 1.165) is 38.0 Å². The van der Waals surface area contributed by atoms with Crippen LogP contribution in [0.25, 0.3) is 0 Å². The minimum Gasteiger partial charge on any atom is -0.396 e. The fourth-order valence-corrected chi connectivity index (χ4v) is 2.49. The Kier molecular flexibility index (Phi) is 4.28. The number of aliphatic hydroxyl groups is 1. The second-order valence-electron chi connectivity index (χ2n) is 4.85. The van der Waals surface area contributed by atoms with Crippen LogP contribution in [0, 0.1) is 11.3 Å². The molecule has 1 aromatic rings. The van der Waals surface area contributed by atoms with Crippen LogP contribution < -0.4 is 5.73 Å². The molecule has 1 atom stereocenters. The van der Waals surface area contributed by atoms with Gasteiger partial charge in [0.2, 0.25) is 0 Å². The molecule has 2 heterocycles. The number of nitrogens with zero attached hydrogens (tertiary/aromatic N) is 2. The molecule has 1 unspecified atom stereocenters. The van der Waals surface area contributed by atoms with Crippen LogP contribution in [0.1, 0.15) is 24.1 Å². The monoisotopic (exact) mass is 248 g/mol. The summed E-state index contributed by atoms with van der Waals surface area (Å²) < 4.78 is 0. The number of hydrogen-bond donors (Lipinski definition) is 3. The first-order valence-corrected chi connectivity index (χ1v) is 6.32. The molecular formula is C13H20N4O. The third kappa shape index (κ3) is 3.05. The van der Waals surface area contributed by atoms with Gasteiger partial charge in [-0.15, -0.1) is 0 Å². The molecule has 0 spiro atoms. The number of pyridine rings is 1. The molecule has 0 saturated carbocycles. The molecule has 0 radical (unpaired) electrons. The highest BCUT2D eigenvalue weighted by atomic mass is 16.3. The highest BCUT2D eigenvalue weighted by molar-refractivity contribution is 5.94. The van der Waals surface area contributed by atoms with Gasteiger partial charge in [0.15, 0.2) is 0 Å². The van der Waals surface area contributed by atoms with Crippen LogP contribution in [0.3, 0.4) is 0 Å². The van der Waals surface area contributed by atoms with Crippen molar-refractivity contribution in [2.24, 2.45) is 11.7 Å². The molecule has 98 valence electrons. The summed E-state index contributed by atoms with van der Waals surface area (Å²) in [5, 5.41) is 16.8. The minimum atomic E-state index is 0.0151. The maximum atomic E-state index is 9.22. The number of nitrogens with two attached hydrogens (primary N) is 1. The fraction of sp³-hybridized carbons (Fsp3) is 0.538. The molecule has 4 N–H and O–H groups in total. The zero-order valence-corrected chi connectivity index (χ0v) is 10.5. The SMILES string of the molecule is N=C(N)c1ncccc1CN1CCCC(CO)C1. The molecule has 5 heteroatoms. The van der Waals surface area contributed by atoms with Gasteiger partial charge in [0.05, 0.1) is 0 Å². The lowest BCUT2D eigenvalue weighted by molar-refractivity contribution is 0.116. The maximum absolute atomic E-state index is 9.22. The molecule has 1 saturated heterocycles. The summed E-state index contributed by atoms with van der Waals surface area (Å²) in [5.74, 6) is 0.387. The van der Waals surface area contributed by atoms with E-state index in [1.165, 1.54) is 0 Å². The first-order chi connectivity index (χ1) is 8.70. The van der Waals surface area contributed by atoms with E-state index in [1.807, 2.05) is 12.1 Å². The van der Waals surface area contributed by atoms with E-state index >= 15 is 0 Å². The van der Waals surface area contributed by atoms with Crippen molar-refractivity contribution in [3.8, 4) is 0 Å². The van der Waals surface area contributed by atoms with Crippen LogP contribution in [0.15, 0.2) is 18.3 Å². The van der Waals surface area contributed by atoms with Crippen LogP contribution in [-0.4, -0.2) is 40.5 Å². The molecule has 18 heavy (non-hydrogen) atoms. The van der Waals surface area contributed by atoms with E-state index in [0.29, 0.717) is 11.6 Å². The molecule has 5 nitrogen and oxygen atoms in total. The Labute approximate surface area is 107 Å². The van der Waals surface area contributed by atoms with Gasteiger partial charge >= 0.3 is 0 Å². The molecule has 0 amide bonds. The van der Waals surface area contributed by atoms with E-state index in [-0.39, 0.29) is 12.4 Å². The average Bonchev–Trinajstić information content (AvgIpc) is 2.39. The zero-order chi connectivity index (χ0) is 13.0. The van der Waals surface area contributed by atoms with E-state index in [4.69, 9.17) is 11.1 Å². The third-order valence-electron chi connectivity index (χ3n) is 3.40. The first kappa shape index (κ1) is 13.0. The molecule has 0 aliphatic carbocycles. The van der Waals surface area contributed by atoms with Crippen molar-refractivity contribution in [1.29, 1.82) is 5.41 Å². The van der Waals surface area contributed by atoms with Crippen LogP contribution >= 0.6 is 0 Å². The van der Waals surface area contributed by atoms with Gasteiger partial charge in [0.25, 0.3) is 0 Å². The zero-order valence-electron chi connectivity index (χ0n) is 10.5. The third-order valence-corrected chi connectivity index (χ3v) is 3.40. The number of nitrogens with one attached hydrogen (secondary N) is 1. The van der Waals surface area contributed by atoms with Crippen LogP contribution in [0.4, 0.5) is 0 Å². The molecule has 1 aliphatic rings. The van der Waals surface area contributed by atoms with Crippen molar-refractivity contribution in [3.05, 3.63) is 29.6 Å². The molecule has 1 aliphatic heterocycles. The van der Waals surface area contributed by atoms with Crippen molar-refractivity contribution in [3.63, 3.8) is 0 Å². The van der Waals surface area contributed by atoms with Crippen LogP contribution in [-0.2, 0) is 6.54 Å². The van der Waals surface area contributed by atoms with Crippen molar-refractivity contribution >= 4 is 5.84 Å². The maximum Gasteiger partial charge on any atom is 0.142 e. The minimum absolute atomic E-state index is 0.0151. The Bertz CT molecular complexity index is 421. The summed E-state index contributed by atoms with van der Waals surface area (Å²) in [4.78, 5) is 6.46. The summed E-state index contributed by atoms with van der Waals surface area (Å²) in [6, 6.07) is 3.83. The largest absolute Gasteiger partial charge is 0.396 e. The summed E-state index contributed by atoms with van der Waals surface area (Å²) >= 11 is 0. The smallest absolute Gasteiger partial charge is 0.142 e. The predicted molar refractivity (Wildman–Crippen MR) is 70.3 cm³/mol. The van der Waals surface area contributed by atoms with E-state index < -0.39 is 0 Å². The van der Waals surface area contributed by atoms with Gasteiger partial charge in [-0.3, -0.25) is 15.3 Å². The van der Waals surface area contributed by atoms with Crippen molar-refractivity contribution in [2.75, 3.05) is 19.7 Å². The van der Waals surface area contributed by atoms with Crippen molar-refractivity contribution in [1.82, 2.24) is 9.88 Å². The van der Waals surface area contributed by atoms with Gasteiger partial charge < -0.3 is 10.8 Å². The highest BCUT2D eigenvalue weighted by Crippen LogP contribution is 2.18. The molecular weight excluding hydrogens is 228 g/mol. The molecule has 0 bridgehead atoms.